The number of nitrogens with zero attached hydrogens (tertiary/aromatic N) is 4. The maximum atomic E-state index is 12.4. The lowest BCUT2D eigenvalue weighted by atomic mass is 9.97. The third kappa shape index (κ3) is 6.01. The van der Waals surface area contributed by atoms with Gasteiger partial charge in [-0.25, -0.2) is 29.3 Å². The summed E-state index contributed by atoms with van der Waals surface area (Å²) < 4.78 is 18.1. The molecule has 0 aromatic heterocycles. The second kappa shape index (κ2) is 12.8. The molecule has 34 heavy (non-hydrogen) atoms. The SMILES string of the molecule is CCOC(=O)C(CN(CC(C(=O)OCC)(C(=O)OCC)[N+](=O)[O-])[N+](=O)[O-])(C(=O)OCC)[N+](=O)[O-]. The van der Waals surface area contributed by atoms with E-state index in [0.29, 0.717) is 0 Å². The number of carbonyl (C=O) groups excluding carboxylic acids is 4. The fourth-order valence-electron chi connectivity index (χ4n) is 2.54. The van der Waals surface area contributed by atoms with Gasteiger partial charge in [0, 0.05) is 0 Å². The first-order chi connectivity index (χ1) is 15.8. The van der Waals surface area contributed by atoms with Gasteiger partial charge in [-0.2, -0.15) is 0 Å². The van der Waals surface area contributed by atoms with Crippen molar-refractivity contribution in [3.63, 3.8) is 0 Å². The van der Waals surface area contributed by atoms with Gasteiger partial charge in [0.05, 0.1) is 36.3 Å². The van der Waals surface area contributed by atoms with Crippen LogP contribution in [0, 0.1) is 30.3 Å². The highest BCUT2D eigenvalue weighted by Gasteiger charge is 2.69. The lowest BCUT2D eigenvalue weighted by Gasteiger charge is -2.27. The van der Waals surface area contributed by atoms with E-state index in [1.54, 1.807) is 0 Å². The van der Waals surface area contributed by atoms with Crippen molar-refractivity contribution in [2.45, 2.75) is 38.8 Å². The van der Waals surface area contributed by atoms with Crippen LogP contribution in [-0.4, -0.2) is 94.4 Å². The van der Waals surface area contributed by atoms with Crippen LogP contribution < -0.4 is 0 Å². The number of carbonyl (C=O) groups is 4. The van der Waals surface area contributed by atoms with Gasteiger partial charge in [-0.3, -0.25) is 20.2 Å². The second-order valence-corrected chi connectivity index (χ2v) is 6.18. The zero-order chi connectivity index (χ0) is 26.7. The van der Waals surface area contributed by atoms with E-state index in [1.165, 1.54) is 27.7 Å². The molecule has 0 heterocycles. The third-order valence-corrected chi connectivity index (χ3v) is 4.13. The first kappa shape index (κ1) is 29.9. The Morgan fingerprint density at radius 2 is 0.853 bits per heavy atom. The molecule has 0 unspecified atom stereocenters. The molecule has 192 valence electrons. The Kier molecular flexibility index (Phi) is 11.2. The molecule has 0 rings (SSSR count). The molecule has 0 radical (unpaired) electrons. The van der Waals surface area contributed by atoms with Gasteiger partial charge in [0.2, 0.25) is 0 Å². The fourth-order valence-corrected chi connectivity index (χ4v) is 2.54. The minimum absolute atomic E-state index is 0.396. The molecule has 0 spiro atoms. The smallest absolute Gasteiger partial charge is 0.432 e. The molecular weight excluding hydrogens is 472 g/mol. The first-order valence-electron chi connectivity index (χ1n) is 9.70. The summed E-state index contributed by atoms with van der Waals surface area (Å²) in [5, 5.41) is 33.5. The van der Waals surface area contributed by atoms with Gasteiger partial charge in [-0.15, -0.1) is 5.01 Å². The van der Waals surface area contributed by atoms with E-state index in [9.17, 15) is 49.5 Å². The summed E-state index contributed by atoms with van der Waals surface area (Å²) in [5.41, 5.74) is -7.19. The van der Waals surface area contributed by atoms with Crippen molar-refractivity contribution in [2.24, 2.45) is 0 Å². The van der Waals surface area contributed by atoms with Gasteiger partial charge in [-0.05, 0) is 27.7 Å². The van der Waals surface area contributed by atoms with E-state index in [0.717, 1.165) is 0 Å². The molecule has 0 aliphatic carbocycles. The van der Waals surface area contributed by atoms with E-state index in [4.69, 9.17) is 0 Å². The Morgan fingerprint density at radius 3 is 1.00 bits per heavy atom. The number of hydrazine groups is 1. The minimum atomic E-state index is -3.59. The van der Waals surface area contributed by atoms with Crippen LogP contribution in [0.2, 0.25) is 0 Å². The van der Waals surface area contributed by atoms with Crippen LogP contribution in [0.4, 0.5) is 0 Å². The summed E-state index contributed by atoms with van der Waals surface area (Å²) in [4.78, 5) is 82.0. The van der Waals surface area contributed by atoms with Crippen molar-refractivity contribution in [3.8, 4) is 0 Å². The van der Waals surface area contributed by atoms with Crippen LogP contribution >= 0.6 is 0 Å². The predicted molar refractivity (Wildman–Crippen MR) is 105 cm³/mol. The van der Waals surface area contributed by atoms with Gasteiger partial charge < -0.3 is 18.9 Å². The van der Waals surface area contributed by atoms with Crippen molar-refractivity contribution in [3.05, 3.63) is 30.3 Å². The lowest BCUT2D eigenvalue weighted by Crippen LogP contribution is -2.67. The Balaban J connectivity index is 6.86. The molecule has 0 aliphatic rings. The van der Waals surface area contributed by atoms with Crippen LogP contribution in [0.5, 0.6) is 0 Å². The average Bonchev–Trinajstić information content (AvgIpc) is 2.73. The van der Waals surface area contributed by atoms with Gasteiger partial charge in [0.1, 0.15) is 0 Å². The molecular formula is C16H24N4O14. The van der Waals surface area contributed by atoms with Crippen molar-refractivity contribution < 1.29 is 53.0 Å². The Labute approximate surface area is 191 Å². The van der Waals surface area contributed by atoms with Gasteiger partial charge >= 0.3 is 35.0 Å². The van der Waals surface area contributed by atoms with Gasteiger partial charge in [-0.1, -0.05) is 0 Å². The highest BCUT2D eigenvalue weighted by molar-refractivity contribution is 6.04. The molecule has 0 aliphatic heterocycles. The molecule has 0 N–H and O–H groups in total. The van der Waals surface area contributed by atoms with Crippen molar-refractivity contribution in [1.29, 1.82) is 0 Å². The summed E-state index contributed by atoms with van der Waals surface area (Å²) in [6.07, 6.45) is 0. The molecule has 18 nitrogen and oxygen atoms in total. The maximum Gasteiger partial charge on any atom is 0.432 e. The van der Waals surface area contributed by atoms with Gasteiger partial charge in [0.15, 0.2) is 18.1 Å². The summed E-state index contributed by atoms with van der Waals surface area (Å²) in [5.74, 6) is -7.48. The van der Waals surface area contributed by atoms with Crippen molar-refractivity contribution >= 4 is 23.9 Å². The quantitative estimate of drug-likeness (QED) is 0.0847. The molecule has 0 bridgehead atoms. The van der Waals surface area contributed by atoms with Crippen molar-refractivity contribution in [2.75, 3.05) is 39.5 Å². The lowest BCUT2D eigenvalue weighted by molar-refractivity contribution is -0.681. The van der Waals surface area contributed by atoms with E-state index in [1.807, 2.05) is 0 Å². The Hall–Kier alpha value is -4.12. The number of hydrogen-bond acceptors (Lipinski definition) is 14. The highest BCUT2D eigenvalue weighted by atomic mass is 16.7. The largest absolute Gasteiger partial charge is 0.460 e. The maximum absolute atomic E-state index is 12.4. The molecule has 0 aromatic carbocycles. The van der Waals surface area contributed by atoms with Crippen LogP contribution in [0.15, 0.2) is 0 Å². The predicted octanol–water partition coefficient (Wildman–Crippen LogP) is -1.24. The average molecular weight is 496 g/mol. The summed E-state index contributed by atoms with van der Waals surface area (Å²) in [6, 6.07) is 0. The summed E-state index contributed by atoms with van der Waals surface area (Å²) in [7, 11) is 0. The highest BCUT2D eigenvalue weighted by Crippen LogP contribution is 2.23. The van der Waals surface area contributed by atoms with Crippen molar-refractivity contribution in [1.82, 2.24) is 5.01 Å². The van der Waals surface area contributed by atoms with Crippen LogP contribution in [-0.2, 0) is 38.1 Å². The second-order valence-electron chi connectivity index (χ2n) is 6.18. The molecule has 0 fully saturated rings. The molecule has 0 saturated carbocycles. The zero-order valence-corrected chi connectivity index (χ0v) is 18.7. The Morgan fingerprint density at radius 1 is 0.618 bits per heavy atom. The molecule has 0 saturated heterocycles. The standard InChI is InChI=1S/C16H24N4O14/c1-5-31-11(21)15(18(25)26,12(22)32-6-2)9-17(20(29)30)10-16(19(27)28,13(23)33-7-3)14(24)34-8-4/h5-10H2,1-4H3. The Bertz CT molecular complexity index is 733. The molecule has 0 atom stereocenters. The minimum Gasteiger partial charge on any atom is -0.460 e. The third-order valence-electron chi connectivity index (χ3n) is 4.13. The molecule has 0 amide bonds. The number of esters is 4. The number of rotatable bonds is 15. The monoisotopic (exact) mass is 496 g/mol. The van der Waals surface area contributed by atoms with E-state index < -0.39 is 94.4 Å². The van der Waals surface area contributed by atoms with E-state index in [-0.39, 0.29) is 0 Å². The topological polar surface area (TPSA) is 238 Å². The van der Waals surface area contributed by atoms with Crippen LogP contribution in [0.1, 0.15) is 27.7 Å². The normalized spacial score (nSPS) is 11.1. The number of hydrogen-bond donors (Lipinski definition) is 0. The number of ether oxygens (including phenoxy) is 4. The summed E-state index contributed by atoms with van der Waals surface area (Å²) >= 11 is 0. The number of nitro groups is 3. The fraction of sp³-hybridized carbons (Fsp3) is 0.750. The first-order valence-corrected chi connectivity index (χ1v) is 9.70. The zero-order valence-electron chi connectivity index (χ0n) is 18.7. The van der Waals surface area contributed by atoms with Crippen LogP contribution in [0.3, 0.4) is 0 Å². The molecule has 0 aromatic rings. The summed E-state index contributed by atoms with van der Waals surface area (Å²) in [6.45, 7) is -0.688. The van der Waals surface area contributed by atoms with E-state index in [2.05, 4.69) is 18.9 Å². The van der Waals surface area contributed by atoms with Crippen LogP contribution in [0.25, 0.3) is 0 Å². The molecule has 18 heteroatoms. The van der Waals surface area contributed by atoms with Gasteiger partial charge in [0.25, 0.3) is 0 Å². The van der Waals surface area contributed by atoms with E-state index >= 15 is 0 Å².